The number of amides is 1. The molecule has 2 rings (SSSR count). The predicted molar refractivity (Wildman–Crippen MR) is 71.4 cm³/mol. The fourth-order valence-electron chi connectivity index (χ4n) is 1.44. The molecule has 0 unspecified atom stereocenters. The number of carbonyl (C=O) groups is 1. The Morgan fingerprint density at radius 3 is 3.05 bits per heavy atom. The number of aromatic nitrogens is 2. The van der Waals surface area contributed by atoms with E-state index in [1.807, 2.05) is 23.6 Å². The molecule has 0 atom stereocenters. The van der Waals surface area contributed by atoms with Crippen LogP contribution in [0.25, 0.3) is 0 Å². The lowest BCUT2D eigenvalue weighted by atomic mass is 10.3. The minimum atomic E-state index is -0.385. The van der Waals surface area contributed by atoms with Crippen LogP contribution in [0.4, 0.5) is 0 Å². The molecule has 0 aliphatic heterocycles. The van der Waals surface area contributed by atoms with Gasteiger partial charge in [-0.15, -0.1) is 11.3 Å². The Hall–Kier alpha value is -1.83. The molecule has 0 aromatic carbocycles. The van der Waals surface area contributed by atoms with Gasteiger partial charge in [0.2, 0.25) is 0 Å². The average molecular weight is 278 g/mol. The highest BCUT2D eigenvalue weighted by atomic mass is 32.1. The highest BCUT2D eigenvalue weighted by Gasteiger charge is 2.09. The van der Waals surface area contributed by atoms with Crippen molar-refractivity contribution in [2.75, 3.05) is 6.61 Å². The Bertz CT molecular complexity index is 530. The third-order valence-corrected chi connectivity index (χ3v) is 3.25. The first-order valence-corrected chi connectivity index (χ1v) is 6.60. The number of rotatable bonds is 6. The fraction of sp³-hybridized carbons (Fsp3) is 0.250. The van der Waals surface area contributed by atoms with Crippen LogP contribution in [0.5, 0.6) is 0 Å². The number of carbonyl (C=O) groups excluding carboxylic acids is 1. The van der Waals surface area contributed by atoms with Gasteiger partial charge in [-0.3, -0.25) is 15.2 Å². The summed E-state index contributed by atoms with van der Waals surface area (Å²) in [6.07, 6.45) is 2.51. The summed E-state index contributed by atoms with van der Waals surface area (Å²) in [5, 5.41) is 2.12. The number of ether oxygens (including phenoxy) is 1. The zero-order valence-electron chi connectivity index (χ0n) is 10.2. The topological polar surface area (TPSA) is 90.1 Å². The number of nitrogens with one attached hydrogen (secondary N) is 1. The summed E-state index contributed by atoms with van der Waals surface area (Å²) in [4.78, 5) is 19.5. The Balaban J connectivity index is 1.74. The van der Waals surface area contributed by atoms with Gasteiger partial charge < -0.3 is 4.74 Å². The average Bonchev–Trinajstić information content (AvgIpc) is 2.93. The number of hydrogen-bond acceptors (Lipinski definition) is 6. The summed E-state index contributed by atoms with van der Waals surface area (Å²) in [6.45, 7) is 0.939. The van der Waals surface area contributed by atoms with E-state index in [0.29, 0.717) is 18.2 Å². The van der Waals surface area contributed by atoms with Crippen molar-refractivity contribution in [1.29, 1.82) is 0 Å². The van der Waals surface area contributed by atoms with Crippen molar-refractivity contribution >= 4 is 17.2 Å². The monoisotopic (exact) mass is 278 g/mol. The van der Waals surface area contributed by atoms with E-state index >= 15 is 0 Å². The molecule has 2 aromatic heterocycles. The summed E-state index contributed by atoms with van der Waals surface area (Å²) in [5.41, 5.74) is 3.76. The molecule has 0 saturated carbocycles. The lowest BCUT2D eigenvalue weighted by Gasteiger charge is -2.01. The standard InChI is InChI=1S/C12H14N4O2S/c13-16-11(17)12-15-10(8-19-12)7-18-6-4-9-3-1-2-5-14-9/h1-3,5,8H,4,6-7,13H2,(H,16,17). The number of nitrogen functional groups attached to an aromatic ring is 1. The number of nitrogens with zero attached hydrogens (tertiary/aromatic N) is 2. The number of hydrogen-bond donors (Lipinski definition) is 2. The lowest BCUT2D eigenvalue weighted by Crippen LogP contribution is -2.29. The van der Waals surface area contributed by atoms with Gasteiger partial charge in [-0.2, -0.15) is 0 Å². The van der Waals surface area contributed by atoms with Crippen LogP contribution >= 0.6 is 11.3 Å². The fourth-order valence-corrected chi connectivity index (χ4v) is 2.14. The Kier molecular flexibility index (Phi) is 4.96. The highest BCUT2D eigenvalue weighted by molar-refractivity contribution is 7.11. The first kappa shape index (κ1) is 13.6. The lowest BCUT2D eigenvalue weighted by molar-refractivity contribution is 0.0951. The summed E-state index contributed by atoms with van der Waals surface area (Å²) in [6, 6.07) is 5.78. The maximum absolute atomic E-state index is 11.2. The minimum absolute atomic E-state index is 0.339. The zero-order valence-corrected chi connectivity index (χ0v) is 11.0. The molecule has 2 heterocycles. The number of nitrogens with two attached hydrogens (primary N) is 1. The molecule has 3 N–H and O–H groups in total. The SMILES string of the molecule is NNC(=O)c1nc(COCCc2ccccn2)cs1. The molecule has 7 heteroatoms. The van der Waals surface area contributed by atoms with Crippen LogP contribution in [0.1, 0.15) is 21.2 Å². The van der Waals surface area contributed by atoms with Gasteiger partial charge in [0.05, 0.1) is 18.9 Å². The van der Waals surface area contributed by atoms with E-state index in [4.69, 9.17) is 10.6 Å². The molecule has 19 heavy (non-hydrogen) atoms. The molecular formula is C12H14N4O2S. The molecule has 0 spiro atoms. The van der Waals surface area contributed by atoms with Crippen LogP contribution < -0.4 is 11.3 Å². The molecule has 0 saturated heterocycles. The van der Waals surface area contributed by atoms with Crippen molar-refractivity contribution < 1.29 is 9.53 Å². The van der Waals surface area contributed by atoms with Crippen molar-refractivity contribution in [1.82, 2.24) is 15.4 Å². The third-order valence-electron chi connectivity index (χ3n) is 2.36. The summed E-state index contributed by atoms with van der Waals surface area (Å²) < 4.78 is 5.49. The van der Waals surface area contributed by atoms with Crippen molar-refractivity contribution in [3.8, 4) is 0 Å². The highest BCUT2D eigenvalue weighted by Crippen LogP contribution is 2.10. The number of pyridine rings is 1. The maximum atomic E-state index is 11.2. The minimum Gasteiger partial charge on any atom is -0.375 e. The molecule has 6 nitrogen and oxygen atoms in total. The number of thiazole rings is 1. The van der Waals surface area contributed by atoms with Crippen molar-refractivity contribution in [3.05, 3.63) is 46.2 Å². The van der Waals surface area contributed by atoms with Gasteiger partial charge in [0.1, 0.15) is 0 Å². The van der Waals surface area contributed by atoms with Gasteiger partial charge >= 0.3 is 0 Å². The van der Waals surface area contributed by atoms with Crippen LogP contribution in [0.3, 0.4) is 0 Å². The van der Waals surface area contributed by atoms with Crippen LogP contribution in [-0.4, -0.2) is 22.5 Å². The molecule has 1 amide bonds. The van der Waals surface area contributed by atoms with Crippen LogP contribution in [-0.2, 0) is 17.8 Å². The van der Waals surface area contributed by atoms with E-state index in [2.05, 4.69) is 9.97 Å². The molecule has 0 fully saturated rings. The first-order chi connectivity index (χ1) is 9.29. The van der Waals surface area contributed by atoms with Crippen molar-refractivity contribution in [2.24, 2.45) is 5.84 Å². The first-order valence-electron chi connectivity index (χ1n) is 5.72. The Morgan fingerprint density at radius 1 is 1.42 bits per heavy atom. The second-order valence-corrected chi connectivity index (χ2v) is 4.60. The molecule has 0 aliphatic rings. The Morgan fingerprint density at radius 2 is 2.32 bits per heavy atom. The van der Waals surface area contributed by atoms with E-state index in [1.54, 1.807) is 11.6 Å². The molecule has 2 aromatic rings. The normalized spacial score (nSPS) is 10.4. The molecular weight excluding hydrogens is 264 g/mol. The molecule has 0 aliphatic carbocycles. The van der Waals surface area contributed by atoms with Gasteiger partial charge in [-0.25, -0.2) is 10.8 Å². The zero-order chi connectivity index (χ0) is 13.5. The van der Waals surface area contributed by atoms with Crippen LogP contribution in [0, 0.1) is 0 Å². The third kappa shape index (κ3) is 4.09. The van der Waals surface area contributed by atoms with Gasteiger partial charge in [0.15, 0.2) is 5.01 Å². The van der Waals surface area contributed by atoms with E-state index in [0.717, 1.165) is 17.8 Å². The van der Waals surface area contributed by atoms with Gasteiger partial charge in [0, 0.05) is 23.7 Å². The summed E-state index contributed by atoms with van der Waals surface area (Å²) in [5.74, 6) is 4.64. The second-order valence-electron chi connectivity index (χ2n) is 3.74. The Labute approximate surface area is 114 Å². The van der Waals surface area contributed by atoms with E-state index in [1.165, 1.54) is 11.3 Å². The summed E-state index contributed by atoms with van der Waals surface area (Å²) >= 11 is 1.24. The van der Waals surface area contributed by atoms with E-state index in [-0.39, 0.29) is 5.91 Å². The maximum Gasteiger partial charge on any atom is 0.294 e. The molecule has 0 radical (unpaired) electrons. The predicted octanol–water partition coefficient (Wildman–Crippen LogP) is 0.901. The van der Waals surface area contributed by atoms with E-state index < -0.39 is 0 Å². The van der Waals surface area contributed by atoms with Crippen LogP contribution in [0.15, 0.2) is 29.8 Å². The van der Waals surface area contributed by atoms with Crippen LogP contribution in [0.2, 0.25) is 0 Å². The smallest absolute Gasteiger partial charge is 0.294 e. The summed E-state index contributed by atoms with van der Waals surface area (Å²) in [7, 11) is 0. The van der Waals surface area contributed by atoms with Gasteiger partial charge in [-0.05, 0) is 12.1 Å². The largest absolute Gasteiger partial charge is 0.375 e. The van der Waals surface area contributed by atoms with Crippen molar-refractivity contribution in [2.45, 2.75) is 13.0 Å². The molecule has 100 valence electrons. The second kappa shape index (κ2) is 6.93. The van der Waals surface area contributed by atoms with E-state index in [9.17, 15) is 4.79 Å². The van der Waals surface area contributed by atoms with Gasteiger partial charge in [-0.1, -0.05) is 6.07 Å². The van der Waals surface area contributed by atoms with Crippen molar-refractivity contribution in [3.63, 3.8) is 0 Å². The van der Waals surface area contributed by atoms with Gasteiger partial charge in [0.25, 0.3) is 5.91 Å². The molecule has 0 bridgehead atoms. The number of hydrazine groups is 1. The quantitative estimate of drug-likeness (QED) is 0.354.